The molecule has 5 heteroatoms. The number of imidazole rings is 1. The lowest BCUT2D eigenvalue weighted by Gasteiger charge is -2.12. The van der Waals surface area contributed by atoms with Crippen LogP contribution in [0.25, 0.3) is 27.6 Å². The van der Waals surface area contributed by atoms with Crippen LogP contribution < -0.4 is 5.56 Å². The fraction of sp³-hybridized carbons (Fsp3) is 0.200. The highest BCUT2D eigenvalue weighted by Crippen LogP contribution is 2.40. The van der Waals surface area contributed by atoms with Crippen LogP contribution >= 0.6 is 0 Å². The fourth-order valence-corrected chi connectivity index (χ4v) is 3.62. The molecule has 1 fully saturated rings. The normalized spacial score (nSPS) is 14.5. The Balaban J connectivity index is 2.00. The number of halogens is 1. The Morgan fingerprint density at radius 3 is 2.60 bits per heavy atom. The van der Waals surface area contributed by atoms with Crippen LogP contribution in [0.4, 0.5) is 4.39 Å². The van der Waals surface area contributed by atoms with Gasteiger partial charge in [0, 0.05) is 24.0 Å². The summed E-state index contributed by atoms with van der Waals surface area (Å²) in [4.78, 5) is 17.9. The summed E-state index contributed by atoms with van der Waals surface area (Å²) >= 11 is 0. The molecule has 1 aliphatic carbocycles. The highest BCUT2D eigenvalue weighted by Gasteiger charge is 2.30. The number of rotatable bonds is 2. The number of hydrogen-bond donors (Lipinski definition) is 0. The maximum Gasteiger partial charge on any atom is 0.283 e. The van der Waals surface area contributed by atoms with E-state index in [4.69, 9.17) is 0 Å². The molecule has 0 bridgehead atoms. The van der Waals surface area contributed by atoms with Gasteiger partial charge in [0.1, 0.15) is 11.6 Å². The van der Waals surface area contributed by atoms with E-state index in [2.05, 4.69) is 4.98 Å². The van der Waals surface area contributed by atoms with E-state index in [0.717, 1.165) is 29.6 Å². The summed E-state index contributed by atoms with van der Waals surface area (Å²) in [6.45, 7) is 0. The summed E-state index contributed by atoms with van der Waals surface area (Å²) < 4.78 is 17.5. The first-order valence-corrected chi connectivity index (χ1v) is 8.41. The fourth-order valence-electron chi connectivity index (χ4n) is 3.62. The van der Waals surface area contributed by atoms with E-state index in [-0.39, 0.29) is 11.4 Å². The molecular weight excluding hydrogens is 317 g/mol. The topological polar surface area (TPSA) is 39.8 Å². The van der Waals surface area contributed by atoms with Gasteiger partial charge in [-0.25, -0.2) is 9.37 Å². The van der Waals surface area contributed by atoms with Crippen molar-refractivity contribution in [3.05, 3.63) is 70.5 Å². The number of fused-ring (bicyclic) bond motifs is 3. The Bertz CT molecular complexity index is 1190. The average molecular weight is 333 g/mol. The SMILES string of the molecule is Cn1c(C2CC2)nc2c(=O)n(-c3ccccc3)c3cc(F)ccc3c21. The molecule has 0 amide bonds. The van der Waals surface area contributed by atoms with Gasteiger partial charge >= 0.3 is 0 Å². The van der Waals surface area contributed by atoms with Crippen molar-refractivity contribution in [1.82, 2.24) is 14.1 Å². The van der Waals surface area contributed by atoms with Crippen LogP contribution in [0.2, 0.25) is 0 Å². The van der Waals surface area contributed by atoms with Gasteiger partial charge in [0.05, 0.1) is 11.0 Å². The van der Waals surface area contributed by atoms with Gasteiger partial charge in [-0.2, -0.15) is 0 Å². The lowest BCUT2D eigenvalue weighted by Crippen LogP contribution is -2.19. The number of nitrogens with zero attached hydrogens (tertiary/aromatic N) is 3. The van der Waals surface area contributed by atoms with Gasteiger partial charge in [-0.3, -0.25) is 9.36 Å². The molecule has 0 aliphatic heterocycles. The molecule has 25 heavy (non-hydrogen) atoms. The van der Waals surface area contributed by atoms with Crippen molar-refractivity contribution in [3.8, 4) is 5.69 Å². The second-order valence-corrected chi connectivity index (χ2v) is 6.64. The Morgan fingerprint density at radius 2 is 1.88 bits per heavy atom. The van der Waals surface area contributed by atoms with Crippen molar-refractivity contribution >= 4 is 21.9 Å². The number of aryl methyl sites for hydroxylation is 1. The van der Waals surface area contributed by atoms with E-state index < -0.39 is 0 Å². The van der Waals surface area contributed by atoms with Gasteiger partial charge in [0.2, 0.25) is 0 Å². The molecule has 0 spiro atoms. The van der Waals surface area contributed by atoms with E-state index in [1.807, 2.05) is 41.9 Å². The molecule has 0 N–H and O–H groups in total. The largest absolute Gasteiger partial charge is 0.330 e. The van der Waals surface area contributed by atoms with Crippen LogP contribution in [0.15, 0.2) is 53.3 Å². The molecule has 2 heterocycles. The molecule has 0 saturated heterocycles. The number of para-hydroxylation sites is 1. The zero-order valence-electron chi connectivity index (χ0n) is 13.7. The molecule has 2 aromatic carbocycles. The minimum absolute atomic E-state index is 0.207. The van der Waals surface area contributed by atoms with Gasteiger partial charge < -0.3 is 4.57 Å². The Kier molecular flexibility index (Phi) is 2.89. The van der Waals surface area contributed by atoms with Crippen molar-refractivity contribution in [3.63, 3.8) is 0 Å². The maximum absolute atomic E-state index is 14.0. The minimum atomic E-state index is -0.361. The molecule has 124 valence electrons. The van der Waals surface area contributed by atoms with Crippen molar-refractivity contribution < 1.29 is 4.39 Å². The molecular formula is C20H16FN3O. The van der Waals surface area contributed by atoms with E-state index in [1.165, 1.54) is 12.1 Å². The Hall–Kier alpha value is -2.95. The molecule has 1 saturated carbocycles. The maximum atomic E-state index is 14.0. The summed E-state index contributed by atoms with van der Waals surface area (Å²) in [7, 11) is 1.94. The zero-order valence-corrected chi connectivity index (χ0v) is 13.7. The molecule has 5 rings (SSSR count). The Morgan fingerprint density at radius 1 is 1.12 bits per heavy atom. The van der Waals surface area contributed by atoms with E-state index in [9.17, 15) is 9.18 Å². The lowest BCUT2D eigenvalue weighted by atomic mass is 10.1. The quantitative estimate of drug-likeness (QED) is 0.558. The lowest BCUT2D eigenvalue weighted by molar-refractivity contribution is 0.629. The second kappa shape index (κ2) is 5.02. The van der Waals surface area contributed by atoms with E-state index >= 15 is 0 Å². The summed E-state index contributed by atoms with van der Waals surface area (Å²) in [6.07, 6.45) is 2.22. The first kappa shape index (κ1) is 14.4. The van der Waals surface area contributed by atoms with Crippen molar-refractivity contribution in [1.29, 1.82) is 0 Å². The third-order valence-corrected chi connectivity index (χ3v) is 4.95. The average Bonchev–Trinajstić information content (AvgIpc) is 3.40. The molecule has 4 aromatic rings. The van der Waals surface area contributed by atoms with Crippen molar-refractivity contribution in [2.45, 2.75) is 18.8 Å². The smallest absolute Gasteiger partial charge is 0.283 e. The highest BCUT2D eigenvalue weighted by atomic mass is 19.1. The molecule has 0 unspecified atom stereocenters. The van der Waals surface area contributed by atoms with Gasteiger partial charge in [-0.15, -0.1) is 0 Å². The van der Waals surface area contributed by atoms with Crippen molar-refractivity contribution in [2.75, 3.05) is 0 Å². The number of benzene rings is 2. The minimum Gasteiger partial charge on any atom is -0.330 e. The first-order chi connectivity index (χ1) is 12.1. The number of aromatic nitrogens is 3. The van der Waals surface area contributed by atoms with Crippen LogP contribution in [0.1, 0.15) is 24.6 Å². The molecule has 4 nitrogen and oxygen atoms in total. The molecule has 0 atom stereocenters. The zero-order chi connectivity index (χ0) is 17.1. The second-order valence-electron chi connectivity index (χ2n) is 6.64. The number of hydrogen-bond acceptors (Lipinski definition) is 2. The summed E-state index contributed by atoms with van der Waals surface area (Å²) in [5.74, 6) is 1.02. The van der Waals surface area contributed by atoms with Gasteiger partial charge in [0.25, 0.3) is 5.56 Å². The van der Waals surface area contributed by atoms with Crippen LogP contribution in [0.5, 0.6) is 0 Å². The molecule has 0 radical (unpaired) electrons. The van der Waals surface area contributed by atoms with E-state index in [1.54, 1.807) is 10.6 Å². The van der Waals surface area contributed by atoms with E-state index in [0.29, 0.717) is 22.6 Å². The summed E-state index contributed by atoms with van der Waals surface area (Å²) in [6, 6.07) is 13.9. The Labute approximate surface area is 143 Å². The highest BCUT2D eigenvalue weighted by molar-refractivity contribution is 6.03. The standard InChI is InChI=1S/C20H16FN3O/c1-23-18-15-10-9-13(21)11-16(15)24(14-5-3-2-4-6-14)20(25)17(18)22-19(23)12-7-8-12/h2-6,9-12H,7-8H2,1H3. The van der Waals surface area contributed by atoms with Gasteiger partial charge in [0.15, 0.2) is 5.52 Å². The third-order valence-electron chi connectivity index (χ3n) is 4.95. The monoisotopic (exact) mass is 333 g/mol. The third kappa shape index (κ3) is 2.05. The van der Waals surface area contributed by atoms with Crippen LogP contribution in [0, 0.1) is 5.82 Å². The summed E-state index contributed by atoms with van der Waals surface area (Å²) in [5.41, 5.74) is 2.31. The predicted molar refractivity (Wildman–Crippen MR) is 95.8 cm³/mol. The van der Waals surface area contributed by atoms with Crippen LogP contribution in [-0.2, 0) is 7.05 Å². The first-order valence-electron chi connectivity index (χ1n) is 8.41. The summed E-state index contributed by atoms with van der Waals surface area (Å²) in [5, 5.41) is 0.835. The van der Waals surface area contributed by atoms with Gasteiger partial charge in [-0.1, -0.05) is 18.2 Å². The van der Waals surface area contributed by atoms with Gasteiger partial charge in [-0.05, 0) is 43.2 Å². The van der Waals surface area contributed by atoms with Crippen LogP contribution in [0.3, 0.4) is 0 Å². The number of pyridine rings is 1. The predicted octanol–water partition coefficient (Wildman–Crippen LogP) is 3.89. The molecule has 2 aromatic heterocycles. The van der Waals surface area contributed by atoms with Crippen LogP contribution in [-0.4, -0.2) is 14.1 Å². The van der Waals surface area contributed by atoms with Crippen molar-refractivity contribution in [2.24, 2.45) is 7.05 Å². The molecule has 1 aliphatic rings.